The predicted octanol–water partition coefficient (Wildman–Crippen LogP) is 4.19. The molecule has 4 heteroatoms. The molecule has 23 heavy (non-hydrogen) atoms. The second-order valence-electron chi connectivity index (χ2n) is 5.23. The van der Waals surface area contributed by atoms with E-state index in [-0.39, 0.29) is 0 Å². The standard InChI is InChI=1S/C19H18N2OS/c23-19(15-5-2-1-3-6-15)16-8-10-18(11-9-16)22-12-4-7-17-13-20-14-21-17/h1-3,5-6,8-11,13-14H,4,7,12H2,(H,20,21). The third-order valence-corrected chi connectivity index (χ3v) is 4.02. The van der Waals surface area contributed by atoms with E-state index in [1.54, 1.807) is 6.33 Å². The first-order valence-corrected chi connectivity index (χ1v) is 8.04. The van der Waals surface area contributed by atoms with Gasteiger partial charge in [-0.15, -0.1) is 0 Å². The van der Waals surface area contributed by atoms with Crippen LogP contribution in [0.1, 0.15) is 23.2 Å². The lowest BCUT2D eigenvalue weighted by Gasteiger charge is -2.08. The monoisotopic (exact) mass is 322 g/mol. The van der Waals surface area contributed by atoms with Crippen LogP contribution in [0.3, 0.4) is 0 Å². The number of hydrogen-bond acceptors (Lipinski definition) is 3. The Hall–Kier alpha value is -2.46. The van der Waals surface area contributed by atoms with E-state index in [1.165, 1.54) is 0 Å². The lowest BCUT2D eigenvalue weighted by atomic mass is 10.0. The van der Waals surface area contributed by atoms with E-state index < -0.39 is 0 Å². The third kappa shape index (κ3) is 4.27. The summed E-state index contributed by atoms with van der Waals surface area (Å²) in [5.41, 5.74) is 3.17. The zero-order valence-corrected chi connectivity index (χ0v) is 13.6. The van der Waals surface area contributed by atoms with Crippen LogP contribution in [0.25, 0.3) is 0 Å². The van der Waals surface area contributed by atoms with Crippen molar-refractivity contribution in [2.75, 3.05) is 6.61 Å². The summed E-state index contributed by atoms with van der Waals surface area (Å²) in [5, 5.41) is 0. The molecule has 1 aromatic heterocycles. The highest BCUT2D eigenvalue weighted by Gasteiger charge is 2.04. The summed E-state index contributed by atoms with van der Waals surface area (Å²) in [7, 11) is 0. The number of rotatable bonds is 7. The first-order valence-electron chi connectivity index (χ1n) is 7.63. The van der Waals surface area contributed by atoms with E-state index in [4.69, 9.17) is 17.0 Å². The zero-order chi connectivity index (χ0) is 15.9. The van der Waals surface area contributed by atoms with Crippen LogP contribution in [-0.2, 0) is 6.42 Å². The summed E-state index contributed by atoms with van der Waals surface area (Å²) in [4.78, 5) is 8.01. The quantitative estimate of drug-likeness (QED) is 0.403. The fourth-order valence-electron chi connectivity index (χ4n) is 2.33. The van der Waals surface area contributed by atoms with Crippen LogP contribution in [0, 0.1) is 0 Å². The van der Waals surface area contributed by atoms with Gasteiger partial charge in [0.15, 0.2) is 0 Å². The van der Waals surface area contributed by atoms with Crippen molar-refractivity contribution in [3.8, 4) is 5.75 Å². The van der Waals surface area contributed by atoms with Crippen molar-refractivity contribution < 1.29 is 4.74 Å². The molecular weight excluding hydrogens is 304 g/mol. The second-order valence-corrected chi connectivity index (χ2v) is 5.64. The molecule has 2 aromatic carbocycles. The summed E-state index contributed by atoms with van der Waals surface area (Å²) in [6.45, 7) is 0.676. The van der Waals surface area contributed by atoms with E-state index >= 15 is 0 Å². The van der Waals surface area contributed by atoms with Gasteiger partial charge in [-0.1, -0.05) is 42.5 Å². The number of nitrogens with zero attached hydrogens (tertiary/aromatic N) is 1. The number of imidazole rings is 1. The van der Waals surface area contributed by atoms with E-state index in [9.17, 15) is 0 Å². The minimum absolute atomic E-state index is 0.676. The lowest BCUT2D eigenvalue weighted by Crippen LogP contribution is -2.01. The topological polar surface area (TPSA) is 37.9 Å². The van der Waals surface area contributed by atoms with Crippen molar-refractivity contribution >= 4 is 17.1 Å². The molecule has 0 unspecified atom stereocenters. The minimum Gasteiger partial charge on any atom is -0.494 e. The van der Waals surface area contributed by atoms with Gasteiger partial charge in [0.2, 0.25) is 0 Å². The van der Waals surface area contributed by atoms with Crippen LogP contribution in [0.2, 0.25) is 0 Å². The Morgan fingerprint density at radius 1 is 1.00 bits per heavy atom. The number of benzene rings is 2. The fraction of sp³-hybridized carbons (Fsp3) is 0.158. The number of aromatic amines is 1. The summed E-state index contributed by atoms with van der Waals surface area (Å²) in [6.07, 6.45) is 5.47. The van der Waals surface area contributed by atoms with Crippen molar-refractivity contribution in [1.82, 2.24) is 9.97 Å². The Bertz CT molecular complexity index is 737. The molecule has 0 bridgehead atoms. The van der Waals surface area contributed by atoms with Crippen molar-refractivity contribution in [1.29, 1.82) is 0 Å². The fourth-order valence-corrected chi connectivity index (χ4v) is 2.60. The number of aromatic nitrogens is 2. The van der Waals surface area contributed by atoms with Gasteiger partial charge in [-0.2, -0.15) is 0 Å². The number of aryl methyl sites for hydroxylation is 1. The number of H-pyrrole nitrogens is 1. The molecule has 0 aliphatic rings. The summed E-state index contributed by atoms with van der Waals surface area (Å²) < 4.78 is 5.76. The molecule has 0 spiro atoms. The Balaban J connectivity index is 1.52. The average Bonchev–Trinajstić information content (AvgIpc) is 3.13. The molecule has 0 aliphatic carbocycles. The van der Waals surface area contributed by atoms with Crippen LogP contribution >= 0.6 is 12.2 Å². The number of hydrogen-bond donors (Lipinski definition) is 1. The molecule has 3 rings (SSSR count). The van der Waals surface area contributed by atoms with Gasteiger partial charge in [-0.05, 0) is 48.2 Å². The zero-order valence-electron chi connectivity index (χ0n) is 12.7. The molecular formula is C19H18N2OS. The molecule has 116 valence electrons. The number of nitrogens with one attached hydrogen (secondary N) is 1. The van der Waals surface area contributed by atoms with Crippen LogP contribution in [0.5, 0.6) is 5.75 Å². The van der Waals surface area contributed by atoms with Gasteiger partial charge in [-0.3, -0.25) is 0 Å². The Labute approximate surface area is 141 Å². The highest BCUT2D eigenvalue weighted by molar-refractivity contribution is 7.81. The van der Waals surface area contributed by atoms with Gasteiger partial charge >= 0.3 is 0 Å². The lowest BCUT2D eigenvalue weighted by molar-refractivity contribution is 0.310. The highest BCUT2D eigenvalue weighted by Crippen LogP contribution is 2.16. The molecule has 3 aromatic rings. The molecule has 0 radical (unpaired) electrons. The molecule has 0 saturated carbocycles. The summed E-state index contributed by atoms with van der Waals surface area (Å²) in [6, 6.07) is 18.0. The maximum atomic E-state index is 5.76. The molecule has 0 amide bonds. The van der Waals surface area contributed by atoms with E-state index in [0.717, 1.165) is 40.3 Å². The van der Waals surface area contributed by atoms with E-state index in [2.05, 4.69) is 9.97 Å². The van der Waals surface area contributed by atoms with Crippen molar-refractivity contribution in [3.05, 3.63) is 83.9 Å². The largest absolute Gasteiger partial charge is 0.494 e. The Morgan fingerprint density at radius 3 is 2.43 bits per heavy atom. The van der Waals surface area contributed by atoms with Gasteiger partial charge in [0.25, 0.3) is 0 Å². The van der Waals surface area contributed by atoms with Crippen molar-refractivity contribution in [2.24, 2.45) is 0 Å². The average molecular weight is 322 g/mol. The van der Waals surface area contributed by atoms with Gasteiger partial charge in [0, 0.05) is 6.20 Å². The van der Waals surface area contributed by atoms with Crippen molar-refractivity contribution in [3.63, 3.8) is 0 Å². The maximum absolute atomic E-state index is 5.76. The molecule has 1 N–H and O–H groups in total. The van der Waals surface area contributed by atoms with E-state index in [1.807, 2.05) is 60.8 Å². The van der Waals surface area contributed by atoms with Gasteiger partial charge < -0.3 is 9.72 Å². The second kappa shape index (κ2) is 7.70. The Morgan fingerprint density at radius 2 is 1.74 bits per heavy atom. The molecule has 1 heterocycles. The Kier molecular flexibility index (Phi) is 5.17. The molecule has 0 atom stereocenters. The van der Waals surface area contributed by atoms with Crippen molar-refractivity contribution in [2.45, 2.75) is 12.8 Å². The van der Waals surface area contributed by atoms with Crippen LogP contribution in [0.4, 0.5) is 0 Å². The molecule has 0 saturated heterocycles. The van der Waals surface area contributed by atoms with Crippen LogP contribution in [-0.4, -0.2) is 21.4 Å². The summed E-state index contributed by atoms with van der Waals surface area (Å²) >= 11 is 5.53. The molecule has 0 aliphatic heterocycles. The van der Waals surface area contributed by atoms with Crippen LogP contribution < -0.4 is 4.74 Å². The van der Waals surface area contributed by atoms with E-state index in [0.29, 0.717) is 6.61 Å². The predicted molar refractivity (Wildman–Crippen MR) is 96.1 cm³/mol. The minimum atomic E-state index is 0.676. The van der Waals surface area contributed by atoms with Crippen LogP contribution in [0.15, 0.2) is 67.1 Å². The van der Waals surface area contributed by atoms with Gasteiger partial charge in [0.05, 0.1) is 23.5 Å². The third-order valence-electron chi connectivity index (χ3n) is 3.55. The maximum Gasteiger partial charge on any atom is 0.119 e. The SMILES string of the molecule is S=C(c1ccccc1)c1ccc(OCCCc2c[nH]cn2)cc1. The number of thiocarbonyl (C=S) groups is 1. The molecule has 3 nitrogen and oxygen atoms in total. The number of ether oxygens (including phenoxy) is 1. The first-order chi connectivity index (χ1) is 11.3. The van der Waals surface area contributed by atoms with Gasteiger partial charge in [-0.25, -0.2) is 4.98 Å². The highest BCUT2D eigenvalue weighted by atomic mass is 32.1. The molecule has 0 fully saturated rings. The smallest absolute Gasteiger partial charge is 0.119 e. The summed E-state index contributed by atoms with van der Waals surface area (Å²) in [5.74, 6) is 0.867. The first kappa shape index (κ1) is 15.4. The van der Waals surface area contributed by atoms with Gasteiger partial charge in [0.1, 0.15) is 5.75 Å². The normalized spacial score (nSPS) is 10.4.